The molecule has 0 bridgehead atoms. The van der Waals surface area contributed by atoms with Gasteiger partial charge in [-0.2, -0.15) is 5.26 Å². The minimum Gasteiger partial charge on any atom is -0.366 e. The van der Waals surface area contributed by atoms with Gasteiger partial charge < -0.3 is 4.90 Å². The molecule has 2 nitrogen and oxygen atoms in total. The summed E-state index contributed by atoms with van der Waals surface area (Å²) in [6.07, 6.45) is 2.98. The maximum atomic E-state index is 8.98. The summed E-state index contributed by atoms with van der Waals surface area (Å²) in [5.41, 5.74) is 1.30. The van der Waals surface area contributed by atoms with Crippen molar-refractivity contribution in [3.63, 3.8) is 0 Å². The van der Waals surface area contributed by atoms with Crippen LogP contribution in [0.3, 0.4) is 0 Å². The number of piperidine rings is 1. The summed E-state index contributed by atoms with van der Waals surface area (Å²) in [6, 6.07) is 10.8. The standard InChI is InChI=1S/C15H19BrN2/c1-15(2)12(8-9-17)5-4-10-18(15)14-7-3-6-13(16)11-14/h3,6-7,11-12H,4-5,8,10H2,1-2H3. The smallest absolute Gasteiger partial charge is 0.0625 e. The molecule has 18 heavy (non-hydrogen) atoms. The molecule has 0 spiro atoms. The monoisotopic (exact) mass is 306 g/mol. The lowest BCUT2D eigenvalue weighted by atomic mass is 9.77. The number of nitriles is 1. The number of halogens is 1. The average Bonchev–Trinajstić information content (AvgIpc) is 2.31. The van der Waals surface area contributed by atoms with E-state index >= 15 is 0 Å². The van der Waals surface area contributed by atoms with Crippen molar-refractivity contribution in [2.24, 2.45) is 5.92 Å². The second-order valence-electron chi connectivity index (χ2n) is 5.49. The normalized spacial score (nSPS) is 22.6. The third kappa shape index (κ3) is 2.54. The lowest BCUT2D eigenvalue weighted by Crippen LogP contribution is -2.53. The van der Waals surface area contributed by atoms with E-state index in [1.54, 1.807) is 0 Å². The molecule has 1 aromatic rings. The second kappa shape index (κ2) is 5.32. The van der Waals surface area contributed by atoms with Crippen molar-refractivity contribution in [3.05, 3.63) is 28.7 Å². The van der Waals surface area contributed by atoms with E-state index in [-0.39, 0.29) is 5.54 Å². The first kappa shape index (κ1) is 13.4. The number of benzene rings is 1. The van der Waals surface area contributed by atoms with Gasteiger partial charge in [0.2, 0.25) is 0 Å². The van der Waals surface area contributed by atoms with E-state index in [0.717, 1.165) is 17.4 Å². The molecule has 1 aromatic carbocycles. The Bertz CT molecular complexity index is 462. The lowest BCUT2D eigenvalue weighted by Gasteiger charge is -2.49. The number of hydrogen-bond acceptors (Lipinski definition) is 2. The maximum Gasteiger partial charge on any atom is 0.0625 e. The van der Waals surface area contributed by atoms with Gasteiger partial charge >= 0.3 is 0 Å². The van der Waals surface area contributed by atoms with E-state index in [4.69, 9.17) is 5.26 Å². The van der Waals surface area contributed by atoms with Crippen LogP contribution in [0.5, 0.6) is 0 Å². The molecule has 1 atom stereocenters. The quantitative estimate of drug-likeness (QED) is 0.812. The number of nitrogens with zero attached hydrogens (tertiary/aromatic N) is 2. The van der Waals surface area contributed by atoms with Gasteiger partial charge in [0.15, 0.2) is 0 Å². The molecule has 1 unspecified atom stereocenters. The Morgan fingerprint density at radius 1 is 1.50 bits per heavy atom. The molecule has 2 rings (SSSR count). The summed E-state index contributed by atoms with van der Waals surface area (Å²) in [5, 5.41) is 8.98. The molecule has 0 aliphatic carbocycles. The minimum atomic E-state index is 0.0504. The highest BCUT2D eigenvalue weighted by atomic mass is 79.9. The van der Waals surface area contributed by atoms with Gasteiger partial charge in [0.25, 0.3) is 0 Å². The second-order valence-corrected chi connectivity index (χ2v) is 6.40. The highest BCUT2D eigenvalue weighted by Gasteiger charge is 2.38. The Kier molecular flexibility index (Phi) is 3.97. The molecule has 0 aromatic heterocycles. The largest absolute Gasteiger partial charge is 0.366 e. The zero-order chi connectivity index (χ0) is 13.2. The van der Waals surface area contributed by atoms with E-state index in [2.05, 4.69) is 58.9 Å². The predicted octanol–water partition coefficient (Wildman–Crippen LogP) is 4.36. The first-order valence-electron chi connectivity index (χ1n) is 6.46. The van der Waals surface area contributed by atoms with Gasteiger partial charge in [0.1, 0.15) is 0 Å². The topological polar surface area (TPSA) is 27.0 Å². The summed E-state index contributed by atoms with van der Waals surface area (Å²) in [5.74, 6) is 0.454. The van der Waals surface area contributed by atoms with Crippen LogP contribution in [-0.4, -0.2) is 12.1 Å². The SMILES string of the molecule is CC1(C)C(CC#N)CCCN1c1cccc(Br)c1. The molecule has 0 amide bonds. The van der Waals surface area contributed by atoms with Crippen LogP contribution in [0.25, 0.3) is 0 Å². The lowest BCUT2D eigenvalue weighted by molar-refractivity contribution is 0.242. The number of rotatable bonds is 2. The maximum absolute atomic E-state index is 8.98. The van der Waals surface area contributed by atoms with Crippen LogP contribution >= 0.6 is 15.9 Å². The molecule has 1 fully saturated rings. The summed E-state index contributed by atoms with van der Waals surface area (Å²) in [6.45, 7) is 5.59. The fourth-order valence-electron chi connectivity index (χ4n) is 2.93. The Hall–Kier alpha value is -1.01. The molecule has 1 aliphatic rings. The van der Waals surface area contributed by atoms with Crippen LogP contribution in [0.4, 0.5) is 5.69 Å². The van der Waals surface area contributed by atoms with E-state index in [0.29, 0.717) is 12.3 Å². The van der Waals surface area contributed by atoms with Crippen LogP contribution in [0.15, 0.2) is 28.7 Å². The zero-order valence-electron chi connectivity index (χ0n) is 11.0. The number of hydrogen-bond donors (Lipinski definition) is 0. The fourth-order valence-corrected chi connectivity index (χ4v) is 3.31. The minimum absolute atomic E-state index is 0.0504. The van der Waals surface area contributed by atoms with Crippen molar-refractivity contribution in [1.82, 2.24) is 0 Å². The van der Waals surface area contributed by atoms with Gasteiger partial charge in [0.05, 0.1) is 6.07 Å². The third-order valence-corrected chi connectivity index (χ3v) is 4.58. The Morgan fingerprint density at radius 2 is 2.28 bits per heavy atom. The number of anilines is 1. The van der Waals surface area contributed by atoms with E-state index in [1.807, 2.05) is 6.07 Å². The molecule has 1 heterocycles. The fraction of sp³-hybridized carbons (Fsp3) is 0.533. The van der Waals surface area contributed by atoms with Crippen molar-refractivity contribution in [1.29, 1.82) is 5.26 Å². The first-order valence-corrected chi connectivity index (χ1v) is 7.25. The Labute approximate surface area is 118 Å². The summed E-state index contributed by atoms with van der Waals surface area (Å²) in [7, 11) is 0. The van der Waals surface area contributed by atoms with Crippen molar-refractivity contribution in [2.45, 2.75) is 38.6 Å². The molecule has 96 valence electrons. The zero-order valence-corrected chi connectivity index (χ0v) is 12.6. The molecule has 1 saturated heterocycles. The van der Waals surface area contributed by atoms with E-state index < -0.39 is 0 Å². The van der Waals surface area contributed by atoms with Crippen LogP contribution in [0, 0.1) is 17.2 Å². The average molecular weight is 307 g/mol. The van der Waals surface area contributed by atoms with Gasteiger partial charge in [0, 0.05) is 28.7 Å². The van der Waals surface area contributed by atoms with Gasteiger partial charge in [-0.15, -0.1) is 0 Å². The molecular formula is C15H19BrN2. The molecule has 3 heteroatoms. The predicted molar refractivity (Wildman–Crippen MR) is 78.5 cm³/mol. The molecular weight excluding hydrogens is 288 g/mol. The van der Waals surface area contributed by atoms with Crippen LogP contribution in [0.1, 0.15) is 33.1 Å². The van der Waals surface area contributed by atoms with Crippen LogP contribution in [-0.2, 0) is 0 Å². The Morgan fingerprint density at radius 3 is 2.94 bits per heavy atom. The summed E-state index contributed by atoms with van der Waals surface area (Å²) < 4.78 is 1.11. The van der Waals surface area contributed by atoms with E-state index in [9.17, 15) is 0 Å². The third-order valence-electron chi connectivity index (χ3n) is 4.09. The molecule has 0 N–H and O–H groups in total. The van der Waals surface area contributed by atoms with Crippen molar-refractivity contribution < 1.29 is 0 Å². The van der Waals surface area contributed by atoms with Gasteiger partial charge in [-0.25, -0.2) is 0 Å². The van der Waals surface area contributed by atoms with Crippen molar-refractivity contribution in [3.8, 4) is 6.07 Å². The molecule has 0 saturated carbocycles. The van der Waals surface area contributed by atoms with Crippen molar-refractivity contribution in [2.75, 3.05) is 11.4 Å². The summed E-state index contributed by atoms with van der Waals surface area (Å²) >= 11 is 3.53. The van der Waals surface area contributed by atoms with Gasteiger partial charge in [-0.1, -0.05) is 22.0 Å². The Balaban J connectivity index is 2.30. The van der Waals surface area contributed by atoms with E-state index in [1.165, 1.54) is 12.1 Å². The molecule has 1 aliphatic heterocycles. The highest BCUT2D eigenvalue weighted by molar-refractivity contribution is 9.10. The summed E-state index contributed by atoms with van der Waals surface area (Å²) in [4.78, 5) is 2.45. The van der Waals surface area contributed by atoms with Gasteiger partial charge in [-0.05, 0) is 50.8 Å². The highest BCUT2D eigenvalue weighted by Crippen LogP contribution is 2.38. The van der Waals surface area contributed by atoms with Crippen LogP contribution < -0.4 is 4.90 Å². The first-order chi connectivity index (χ1) is 8.55. The van der Waals surface area contributed by atoms with Gasteiger partial charge in [-0.3, -0.25) is 0 Å². The van der Waals surface area contributed by atoms with Crippen LogP contribution in [0.2, 0.25) is 0 Å². The molecule has 0 radical (unpaired) electrons. The van der Waals surface area contributed by atoms with Crippen molar-refractivity contribution >= 4 is 21.6 Å².